The van der Waals surface area contributed by atoms with Gasteiger partial charge in [0.15, 0.2) is 4.34 Å². The molecule has 0 spiro atoms. The van der Waals surface area contributed by atoms with Crippen molar-refractivity contribution in [2.75, 3.05) is 37.4 Å². The van der Waals surface area contributed by atoms with Crippen LogP contribution in [0.5, 0.6) is 0 Å². The molecule has 1 aromatic rings. The van der Waals surface area contributed by atoms with Crippen molar-refractivity contribution in [3.63, 3.8) is 0 Å². The van der Waals surface area contributed by atoms with Crippen molar-refractivity contribution in [1.82, 2.24) is 20.8 Å². The van der Waals surface area contributed by atoms with Crippen LogP contribution in [0.2, 0.25) is 0 Å². The van der Waals surface area contributed by atoms with Gasteiger partial charge in [-0.05, 0) is 26.7 Å². The van der Waals surface area contributed by atoms with Crippen LogP contribution in [0, 0.1) is 0 Å². The van der Waals surface area contributed by atoms with Gasteiger partial charge in [-0.15, -0.1) is 10.2 Å². The molecule has 1 aliphatic rings. The maximum Gasteiger partial charge on any atom is 0.337 e. The van der Waals surface area contributed by atoms with Crippen LogP contribution in [-0.4, -0.2) is 60.4 Å². The number of urea groups is 1. The van der Waals surface area contributed by atoms with E-state index in [2.05, 4.69) is 26.1 Å². The summed E-state index contributed by atoms with van der Waals surface area (Å²) in [5.74, 6) is -0.0109. The average molecular weight is 430 g/mol. The predicted octanol–water partition coefficient (Wildman–Crippen LogP) is 2.38. The van der Waals surface area contributed by atoms with Crippen molar-refractivity contribution < 1.29 is 19.1 Å². The molecule has 0 aliphatic carbocycles. The van der Waals surface area contributed by atoms with Crippen molar-refractivity contribution >= 4 is 40.2 Å². The third kappa shape index (κ3) is 6.64. The lowest BCUT2D eigenvalue weighted by Gasteiger charge is -2.28. The summed E-state index contributed by atoms with van der Waals surface area (Å²) >= 11 is 2.86. The molecule has 11 heteroatoms. The van der Waals surface area contributed by atoms with E-state index in [0.717, 1.165) is 22.4 Å². The number of esters is 1. The van der Waals surface area contributed by atoms with Gasteiger partial charge in [0.05, 0.1) is 18.2 Å². The second kappa shape index (κ2) is 11.9. The highest BCUT2D eigenvalue weighted by Crippen LogP contribution is 2.28. The lowest BCUT2D eigenvalue weighted by molar-refractivity contribution is -0.139. The van der Waals surface area contributed by atoms with E-state index >= 15 is 0 Å². The number of hydrogen-bond acceptors (Lipinski definition) is 9. The summed E-state index contributed by atoms with van der Waals surface area (Å²) in [6, 6.07) is -0.676. The number of rotatable bonds is 12. The molecule has 0 aromatic carbocycles. The number of nitrogens with one attached hydrogen (secondary N) is 3. The van der Waals surface area contributed by atoms with Gasteiger partial charge in [-0.3, -0.25) is 0 Å². The minimum Gasteiger partial charge on any atom is -0.463 e. The van der Waals surface area contributed by atoms with Gasteiger partial charge >= 0.3 is 12.0 Å². The number of amides is 2. The Morgan fingerprint density at radius 3 is 2.82 bits per heavy atom. The molecule has 0 saturated heterocycles. The van der Waals surface area contributed by atoms with Crippen molar-refractivity contribution in [2.45, 2.75) is 44.0 Å². The Balaban J connectivity index is 1.98. The van der Waals surface area contributed by atoms with Crippen LogP contribution in [0.4, 0.5) is 9.93 Å². The molecule has 1 aromatic heterocycles. The fourth-order valence-electron chi connectivity index (χ4n) is 2.56. The molecule has 2 amide bonds. The number of aromatic nitrogens is 2. The van der Waals surface area contributed by atoms with Crippen molar-refractivity contribution in [3.8, 4) is 0 Å². The van der Waals surface area contributed by atoms with Crippen LogP contribution < -0.4 is 16.0 Å². The van der Waals surface area contributed by atoms with Gasteiger partial charge in [0.25, 0.3) is 0 Å². The number of nitrogens with zero attached hydrogens (tertiary/aromatic N) is 2. The molecule has 0 unspecified atom stereocenters. The highest BCUT2D eigenvalue weighted by atomic mass is 32.2. The third-order valence-electron chi connectivity index (χ3n) is 3.84. The second-order valence-electron chi connectivity index (χ2n) is 5.81. The molecule has 0 radical (unpaired) electrons. The number of thioether (sulfide) groups is 1. The van der Waals surface area contributed by atoms with E-state index in [1.807, 2.05) is 13.8 Å². The van der Waals surface area contributed by atoms with Gasteiger partial charge in [0, 0.05) is 31.2 Å². The Bertz CT molecular complexity index is 695. The Kier molecular flexibility index (Phi) is 9.51. The first-order valence-corrected chi connectivity index (χ1v) is 11.1. The number of carbonyl (C=O) groups is 2. The smallest absolute Gasteiger partial charge is 0.337 e. The molecule has 2 heterocycles. The molecule has 0 fully saturated rings. The SMILES string of the molecule is CCOCCCNc1nnc(SCC2=C(C(=O)OCC)[C@H](CC)NC(=O)N2)s1. The Hall–Kier alpha value is -1.85. The average Bonchev–Trinajstić information content (AvgIpc) is 3.13. The van der Waals surface area contributed by atoms with E-state index in [1.165, 1.54) is 23.1 Å². The van der Waals surface area contributed by atoms with E-state index in [9.17, 15) is 9.59 Å². The van der Waals surface area contributed by atoms with Gasteiger partial charge in [0.1, 0.15) is 0 Å². The van der Waals surface area contributed by atoms with Crippen LogP contribution in [0.15, 0.2) is 15.6 Å². The monoisotopic (exact) mass is 429 g/mol. The summed E-state index contributed by atoms with van der Waals surface area (Å²) in [5.41, 5.74) is 1.02. The quantitative estimate of drug-likeness (QED) is 0.264. The number of hydrogen-bond donors (Lipinski definition) is 3. The largest absolute Gasteiger partial charge is 0.463 e. The molecular formula is C17H27N5O4S2. The molecular weight excluding hydrogens is 402 g/mol. The minimum absolute atomic E-state index is 0.280. The van der Waals surface area contributed by atoms with Crippen LogP contribution >= 0.6 is 23.1 Å². The highest BCUT2D eigenvalue weighted by molar-refractivity contribution is 8.01. The Morgan fingerprint density at radius 1 is 1.29 bits per heavy atom. The summed E-state index contributed by atoms with van der Waals surface area (Å²) in [6.07, 6.45) is 1.49. The molecule has 156 valence electrons. The zero-order valence-electron chi connectivity index (χ0n) is 16.4. The van der Waals surface area contributed by atoms with Gasteiger partial charge in [0.2, 0.25) is 5.13 Å². The lowest BCUT2D eigenvalue weighted by atomic mass is 10.0. The zero-order chi connectivity index (χ0) is 20.4. The maximum atomic E-state index is 12.4. The van der Waals surface area contributed by atoms with Gasteiger partial charge in [-0.2, -0.15) is 0 Å². The van der Waals surface area contributed by atoms with E-state index < -0.39 is 5.97 Å². The van der Waals surface area contributed by atoms with Crippen LogP contribution in [0.3, 0.4) is 0 Å². The molecule has 1 aliphatic heterocycles. The van der Waals surface area contributed by atoms with Crippen LogP contribution in [-0.2, 0) is 14.3 Å². The maximum absolute atomic E-state index is 12.4. The normalized spacial score (nSPS) is 16.5. The van der Waals surface area contributed by atoms with E-state index in [1.54, 1.807) is 6.92 Å². The summed E-state index contributed by atoms with van der Waals surface area (Å²) in [7, 11) is 0. The molecule has 3 N–H and O–H groups in total. The number of carbonyl (C=O) groups excluding carboxylic acids is 2. The van der Waals surface area contributed by atoms with Crippen molar-refractivity contribution in [2.24, 2.45) is 0 Å². The molecule has 28 heavy (non-hydrogen) atoms. The molecule has 0 bridgehead atoms. The third-order valence-corrected chi connectivity index (χ3v) is 5.88. The Morgan fingerprint density at radius 2 is 2.11 bits per heavy atom. The minimum atomic E-state index is -0.411. The van der Waals surface area contributed by atoms with Crippen LogP contribution in [0.1, 0.15) is 33.6 Å². The van der Waals surface area contributed by atoms with Gasteiger partial charge < -0.3 is 25.4 Å². The summed E-state index contributed by atoms with van der Waals surface area (Å²) in [5, 5.41) is 17.7. The van der Waals surface area contributed by atoms with Crippen molar-refractivity contribution in [3.05, 3.63) is 11.3 Å². The summed E-state index contributed by atoms with van der Waals surface area (Å²) < 4.78 is 11.2. The highest BCUT2D eigenvalue weighted by Gasteiger charge is 2.31. The van der Waals surface area contributed by atoms with Crippen LogP contribution in [0.25, 0.3) is 0 Å². The van der Waals surface area contributed by atoms with Gasteiger partial charge in [-0.1, -0.05) is 30.0 Å². The summed E-state index contributed by atoms with van der Waals surface area (Å²) in [4.78, 5) is 24.3. The lowest BCUT2D eigenvalue weighted by Crippen LogP contribution is -2.50. The fraction of sp³-hybridized carbons (Fsp3) is 0.647. The number of anilines is 1. The fourth-order valence-corrected chi connectivity index (χ4v) is 4.31. The molecule has 9 nitrogen and oxygen atoms in total. The van der Waals surface area contributed by atoms with E-state index in [0.29, 0.717) is 36.7 Å². The van der Waals surface area contributed by atoms with Crippen molar-refractivity contribution in [1.29, 1.82) is 0 Å². The topological polar surface area (TPSA) is 114 Å². The summed E-state index contributed by atoms with van der Waals surface area (Å²) in [6.45, 7) is 8.10. The first-order chi connectivity index (χ1) is 13.6. The second-order valence-corrected chi connectivity index (χ2v) is 8.01. The first-order valence-electron chi connectivity index (χ1n) is 9.34. The van der Waals surface area contributed by atoms with Gasteiger partial charge in [-0.25, -0.2) is 9.59 Å². The predicted molar refractivity (Wildman–Crippen MR) is 110 cm³/mol. The molecule has 1 atom stereocenters. The first kappa shape index (κ1) is 22.4. The number of ether oxygens (including phenoxy) is 2. The van der Waals surface area contributed by atoms with E-state index in [-0.39, 0.29) is 18.7 Å². The standard InChI is InChI=1S/C17H27N5O4S2/c1-4-11-13(14(23)26-6-3)12(20-15(24)19-11)10-27-17-22-21-16(28-17)18-8-7-9-25-5-2/h11H,4-10H2,1-3H3,(H,18,21)(H2,19,20,24)/t11-/m0/s1. The molecule has 2 rings (SSSR count). The molecule has 0 saturated carbocycles. The van der Waals surface area contributed by atoms with E-state index in [4.69, 9.17) is 9.47 Å². The zero-order valence-corrected chi connectivity index (χ0v) is 18.0. The Labute approximate surface area is 173 Å².